The van der Waals surface area contributed by atoms with E-state index in [4.69, 9.17) is 5.26 Å². The van der Waals surface area contributed by atoms with E-state index in [0.29, 0.717) is 11.6 Å². The number of aromatic nitrogens is 1. The van der Waals surface area contributed by atoms with Gasteiger partial charge >= 0.3 is 0 Å². The maximum absolute atomic E-state index is 11.8. The van der Waals surface area contributed by atoms with E-state index >= 15 is 0 Å². The van der Waals surface area contributed by atoms with E-state index in [0.717, 1.165) is 24.0 Å². The summed E-state index contributed by atoms with van der Waals surface area (Å²) in [6, 6.07) is 10.1. The van der Waals surface area contributed by atoms with Gasteiger partial charge < -0.3 is 9.88 Å². The van der Waals surface area contributed by atoms with Crippen molar-refractivity contribution in [2.45, 2.75) is 25.2 Å². The van der Waals surface area contributed by atoms with Gasteiger partial charge in [-0.25, -0.2) is 0 Å². The lowest BCUT2D eigenvalue weighted by molar-refractivity contribution is 0.0994. The van der Waals surface area contributed by atoms with Crippen LogP contribution < -0.4 is 0 Å². The van der Waals surface area contributed by atoms with Crippen molar-refractivity contribution in [3.05, 3.63) is 35.5 Å². The summed E-state index contributed by atoms with van der Waals surface area (Å²) >= 11 is 0. The number of nitriles is 1. The van der Waals surface area contributed by atoms with Gasteiger partial charge in [-0.05, 0) is 56.6 Å². The minimum Gasteiger partial charge on any atom is -0.352 e. The quantitative estimate of drug-likeness (QED) is 0.879. The highest BCUT2D eigenvalue weighted by Gasteiger charge is 2.19. The van der Waals surface area contributed by atoms with E-state index in [1.807, 2.05) is 12.1 Å². The zero-order chi connectivity index (χ0) is 14.8. The first-order chi connectivity index (χ1) is 10.2. The van der Waals surface area contributed by atoms with E-state index in [2.05, 4.69) is 35.1 Å². The highest BCUT2D eigenvalue weighted by atomic mass is 16.1. The Bertz CT molecular complexity index is 702. The zero-order valence-corrected chi connectivity index (χ0v) is 12.2. The van der Waals surface area contributed by atoms with Crippen LogP contribution in [0.25, 0.3) is 10.9 Å². The van der Waals surface area contributed by atoms with Crippen LogP contribution in [0, 0.1) is 11.3 Å². The van der Waals surface area contributed by atoms with Gasteiger partial charge in [0.1, 0.15) is 6.42 Å². The standard InChI is InChI=1S/C17H19N3O/c1-20-8-5-12(6-9-20)13-2-3-14-11-16(17(21)4-7-18)19-15(14)10-13/h2-3,10-12,19H,4-6,8-9H2,1H3. The van der Waals surface area contributed by atoms with Crippen LogP contribution in [0.4, 0.5) is 0 Å². The summed E-state index contributed by atoms with van der Waals surface area (Å²) in [6.45, 7) is 2.28. The Kier molecular flexibility index (Phi) is 3.76. The van der Waals surface area contributed by atoms with E-state index in [1.165, 1.54) is 18.4 Å². The number of ketones is 1. The second-order valence-electron chi connectivity index (χ2n) is 5.87. The monoisotopic (exact) mass is 281 g/mol. The van der Waals surface area contributed by atoms with Gasteiger partial charge in [0.2, 0.25) is 0 Å². The average Bonchev–Trinajstić information content (AvgIpc) is 2.91. The van der Waals surface area contributed by atoms with Crippen LogP contribution in [0.2, 0.25) is 0 Å². The van der Waals surface area contributed by atoms with Crippen molar-refractivity contribution in [3.8, 4) is 6.07 Å². The van der Waals surface area contributed by atoms with Crippen molar-refractivity contribution in [2.24, 2.45) is 0 Å². The molecule has 0 amide bonds. The number of nitrogens with zero attached hydrogens (tertiary/aromatic N) is 2. The molecule has 4 heteroatoms. The van der Waals surface area contributed by atoms with Crippen molar-refractivity contribution in [2.75, 3.05) is 20.1 Å². The molecule has 0 atom stereocenters. The lowest BCUT2D eigenvalue weighted by Gasteiger charge is -2.29. The lowest BCUT2D eigenvalue weighted by Crippen LogP contribution is -2.29. The predicted octanol–water partition coefficient (Wildman–Crippen LogP) is 3.07. The summed E-state index contributed by atoms with van der Waals surface area (Å²) in [5, 5.41) is 9.66. The Labute approximate surface area is 124 Å². The molecule has 0 bridgehead atoms. The van der Waals surface area contributed by atoms with Crippen LogP contribution in [-0.2, 0) is 0 Å². The first-order valence-corrected chi connectivity index (χ1v) is 7.39. The fourth-order valence-electron chi connectivity index (χ4n) is 3.06. The number of piperidine rings is 1. The summed E-state index contributed by atoms with van der Waals surface area (Å²) in [4.78, 5) is 17.3. The van der Waals surface area contributed by atoms with Crippen LogP contribution in [0.3, 0.4) is 0 Å². The number of Topliss-reactive ketones (excluding diaryl/α,β-unsaturated/α-hetero) is 1. The largest absolute Gasteiger partial charge is 0.352 e. The number of rotatable bonds is 3. The summed E-state index contributed by atoms with van der Waals surface area (Å²) in [6.07, 6.45) is 2.29. The fourth-order valence-corrected chi connectivity index (χ4v) is 3.06. The molecule has 4 nitrogen and oxygen atoms in total. The average molecular weight is 281 g/mol. The second kappa shape index (κ2) is 5.71. The third-order valence-electron chi connectivity index (χ3n) is 4.38. The molecule has 21 heavy (non-hydrogen) atoms. The Balaban J connectivity index is 1.86. The minimum absolute atomic E-state index is 0.0748. The third kappa shape index (κ3) is 2.84. The van der Waals surface area contributed by atoms with E-state index in [-0.39, 0.29) is 12.2 Å². The smallest absolute Gasteiger partial charge is 0.193 e. The summed E-state index contributed by atoms with van der Waals surface area (Å²) in [5.74, 6) is 0.460. The van der Waals surface area contributed by atoms with E-state index < -0.39 is 0 Å². The van der Waals surface area contributed by atoms with Gasteiger partial charge in [-0.15, -0.1) is 0 Å². The SMILES string of the molecule is CN1CCC(c2ccc3cc(C(=O)CC#N)[nH]c3c2)CC1. The van der Waals surface area contributed by atoms with Crippen molar-refractivity contribution in [3.63, 3.8) is 0 Å². The van der Waals surface area contributed by atoms with Crippen molar-refractivity contribution in [1.82, 2.24) is 9.88 Å². The molecule has 0 radical (unpaired) electrons. The van der Waals surface area contributed by atoms with Gasteiger partial charge in [0, 0.05) is 10.9 Å². The Morgan fingerprint density at radius 2 is 2.14 bits per heavy atom. The van der Waals surface area contributed by atoms with Gasteiger partial charge in [-0.2, -0.15) is 5.26 Å². The molecular weight excluding hydrogens is 262 g/mol. The van der Waals surface area contributed by atoms with Crippen LogP contribution in [-0.4, -0.2) is 35.8 Å². The van der Waals surface area contributed by atoms with Crippen LogP contribution in [0.5, 0.6) is 0 Å². The molecule has 108 valence electrons. The molecule has 1 aromatic carbocycles. The Morgan fingerprint density at radius 1 is 1.38 bits per heavy atom. The number of carbonyl (C=O) groups excluding carboxylic acids is 1. The topological polar surface area (TPSA) is 59.9 Å². The van der Waals surface area contributed by atoms with Gasteiger partial charge in [0.05, 0.1) is 11.8 Å². The normalized spacial score (nSPS) is 17.0. The first kappa shape index (κ1) is 13.8. The second-order valence-corrected chi connectivity index (χ2v) is 5.87. The lowest BCUT2D eigenvalue weighted by atomic mass is 9.89. The number of H-pyrrole nitrogens is 1. The van der Waals surface area contributed by atoms with Gasteiger partial charge in [0.15, 0.2) is 5.78 Å². The molecule has 1 saturated heterocycles. The first-order valence-electron chi connectivity index (χ1n) is 7.39. The van der Waals surface area contributed by atoms with Crippen molar-refractivity contribution < 1.29 is 4.79 Å². The molecule has 2 aromatic rings. The number of likely N-dealkylation sites (tertiary alicyclic amines) is 1. The molecule has 1 aliphatic rings. The molecule has 2 heterocycles. The highest BCUT2D eigenvalue weighted by molar-refractivity contribution is 6.00. The number of benzene rings is 1. The molecule has 0 spiro atoms. The maximum Gasteiger partial charge on any atom is 0.193 e. The van der Waals surface area contributed by atoms with E-state index in [1.54, 1.807) is 0 Å². The van der Waals surface area contributed by atoms with Crippen LogP contribution in [0.15, 0.2) is 24.3 Å². The maximum atomic E-state index is 11.8. The summed E-state index contributed by atoms with van der Waals surface area (Å²) < 4.78 is 0. The molecule has 3 rings (SSSR count). The van der Waals surface area contributed by atoms with Crippen molar-refractivity contribution in [1.29, 1.82) is 5.26 Å². The highest BCUT2D eigenvalue weighted by Crippen LogP contribution is 2.30. The molecular formula is C17H19N3O. The number of carbonyl (C=O) groups is 1. The molecule has 1 aromatic heterocycles. The summed E-state index contributed by atoms with van der Waals surface area (Å²) in [5.41, 5.74) is 2.87. The van der Waals surface area contributed by atoms with Crippen molar-refractivity contribution >= 4 is 16.7 Å². The minimum atomic E-state index is -0.144. The van der Waals surface area contributed by atoms with Crippen LogP contribution in [0.1, 0.15) is 41.2 Å². The molecule has 0 aliphatic carbocycles. The van der Waals surface area contributed by atoms with Gasteiger partial charge in [-0.1, -0.05) is 12.1 Å². The van der Waals surface area contributed by atoms with Gasteiger partial charge in [0.25, 0.3) is 0 Å². The number of nitrogens with one attached hydrogen (secondary N) is 1. The number of hydrogen-bond acceptors (Lipinski definition) is 3. The van der Waals surface area contributed by atoms with Crippen LogP contribution >= 0.6 is 0 Å². The molecule has 1 fully saturated rings. The molecule has 1 N–H and O–H groups in total. The predicted molar refractivity (Wildman–Crippen MR) is 82.3 cm³/mol. The molecule has 0 unspecified atom stereocenters. The zero-order valence-electron chi connectivity index (χ0n) is 12.2. The molecule has 0 saturated carbocycles. The summed E-state index contributed by atoms with van der Waals surface area (Å²) in [7, 11) is 2.16. The third-order valence-corrected chi connectivity index (χ3v) is 4.38. The Morgan fingerprint density at radius 3 is 2.86 bits per heavy atom. The molecule has 1 aliphatic heterocycles. The number of fused-ring (bicyclic) bond motifs is 1. The van der Waals surface area contributed by atoms with Gasteiger partial charge in [-0.3, -0.25) is 4.79 Å². The van der Waals surface area contributed by atoms with E-state index in [9.17, 15) is 4.79 Å². The number of hydrogen-bond donors (Lipinski definition) is 1. The Hall–Kier alpha value is -2.12. The number of aromatic amines is 1. The fraction of sp³-hybridized carbons (Fsp3) is 0.412.